The van der Waals surface area contributed by atoms with Crippen LogP contribution in [0.2, 0.25) is 0 Å². The van der Waals surface area contributed by atoms with Crippen molar-refractivity contribution in [3.05, 3.63) is 76.0 Å². The molecule has 1 aliphatic carbocycles. The number of hydroxylamine groups is 1. The van der Waals surface area contributed by atoms with Gasteiger partial charge in [-0.3, -0.25) is 14.9 Å². The van der Waals surface area contributed by atoms with Gasteiger partial charge in [-0.15, -0.1) is 0 Å². The van der Waals surface area contributed by atoms with E-state index in [0.717, 1.165) is 25.3 Å². The molecule has 5 rings (SSSR count). The molecule has 4 atom stereocenters. The molecule has 2 heterocycles. The fraction of sp³-hybridized carbons (Fsp3) is 0.552. The first-order valence-electron chi connectivity index (χ1n) is 13.3. The summed E-state index contributed by atoms with van der Waals surface area (Å²) < 4.78 is 28.5. The van der Waals surface area contributed by atoms with Gasteiger partial charge in [0, 0.05) is 43.6 Å². The normalized spacial score (nSPS) is 26.8. The monoisotopic (exact) mass is 512 g/mol. The number of rotatable bonds is 4. The molecular formula is C29H38F2N4O2. The van der Waals surface area contributed by atoms with E-state index in [0.29, 0.717) is 31.7 Å². The van der Waals surface area contributed by atoms with Crippen molar-refractivity contribution in [3.63, 3.8) is 0 Å². The summed E-state index contributed by atoms with van der Waals surface area (Å²) in [7, 11) is 0. The van der Waals surface area contributed by atoms with E-state index in [2.05, 4.69) is 49.2 Å². The Morgan fingerprint density at radius 2 is 1.78 bits per heavy atom. The lowest BCUT2D eigenvalue weighted by molar-refractivity contribution is -0.995. The Kier molecular flexibility index (Phi) is 6.90. The molecule has 0 bridgehead atoms. The van der Waals surface area contributed by atoms with E-state index in [9.17, 15) is 18.8 Å². The molecule has 3 aliphatic rings. The van der Waals surface area contributed by atoms with Crippen molar-refractivity contribution in [1.29, 1.82) is 0 Å². The molecule has 6 nitrogen and oxygen atoms in total. The van der Waals surface area contributed by atoms with Crippen LogP contribution in [-0.2, 0) is 10.2 Å². The van der Waals surface area contributed by atoms with Crippen LogP contribution in [0.15, 0.2) is 42.5 Å². The first kappa shape index (κ1) is 26.2. The van der Waals surface area contributed by atoms with Gasteiger partial charge in [0.15, 0.2) is 0 Å². The number of benzene rings is 2. The summed E-state index contributed by atoms with van der Waals surface area (Å²) in [6, 6.07) is 11.7. The first-order valence-corrected chi connectivity index (χ1v) is 13.3. The summed E-state index contributed by atoms with van der Waals surface area (Å²) in [5.74, 6) is -1.54. The van der Waals surface area contributed by atoms with Gasteiger partial charge in [0.25, 0.3) is 0 Å². The Hall–Kier alpha value is -2.39. The van der Waals surface area contributed by atoms with Crippen molar-refractivity contribution in [3.8, 4) is 0 Å². The highest BCUT2D eigenvalue weighted by molar-refractivity contribution is 5.73. The maximum absolute atomic E-state index is 14.9. The lowest BCUT2D eigenvalue weighted by Gasteiger charge is -2.46. The molecule has 37 heavy (non-hydrogen) atoms. The van der Waals surface area contributed by atoms with Crippen LogP contribution >= 0.6 is 0 Å². The van der Waals surface area contributed by atoms with Crippen LogP contribution in [0, 0.1) is 16.8 Å². The van der Waals surface area contributed by atoms with E-state index in [1.54, 1.807) is 6.92 Å². The number of hydrogen-bond donors (Lipinski definition) is 2. The molecule has 2 aromatic carbocycles. The number of likely N-dealkylation sites (tertiary alicyclic amines) is 1. The van der Waals surface area contributed by atoms with Gasteiger partial charge in [0.2, 0.25) is 5.91 Å². The number of carbonyl (C=O) groups excluding carboxylic acids is 1. The minimum absolute atomic E-state index is 0.00282. The Morgan fingerprint density at radius 1 is 1.08 bits per heavy atom. The first-order chi connectivity index (χ1) is 17.5. The highest BCUT2D eigenvalue weighted by Gasteiger charge is 2.49. The van der Waals surface area contributed by atoms with E-state index >= 15 is 0 Å². The summed E-state index contributed by atoms with van der Waals surface area (Å²) >= 11 is 0. The van der Waals surface area contributed by atoms with Gasteiger partial charge >= 0.3 is 0 Å². The van der Waals surface area contributed by atoms with Gasteiger partial charge in [0.1, 0.15) is 17.7 Å². The van der Waals surface area contributed by atoms with Crippen LogP contribution in [0.1, 0.15) is 75.6 Å². The molecule has 200 valence electrons. The second kappa shape index (κ2) is 9.73. The van der Waals surface area contributed by atoms with Gasteiger partial charge in [-0.2, -0.15) is 5.01 Å². The van der Waals surface area contributed by atoms with Crippen molar-refractivity contribution in [2.24, 2.45) is 0 Å². The SMILES string of the molecule is CC(=O)NC1CC2(CCN([NH+]([O-])[C@@H]3CN(C(C)(C)C)CC3c3ccc(F)cc3F)CC2)c2ccccc21. The Morgan fingerprint density at radius 3 is 2.43 bits per heavy atom. The van der Waals surface area contributed by atoms with Crippen LogP contribution < -0.4 is 10.5 Å². The summed E-state index contributed by atoms with van der Waals surface area (Å²) in [6.45, 7) is 10.2. The zero-order valence-electron chi connectivity index (χ0n) is 22.2. The fourth-order valence-corrected chi connectivity index (χ4v) is 6.85. The third kappa shape index (κ3) is 4.92. The molecule has 2 aromatic rings. The largest absolute Gasteiger partial charge is 0.613 e. The number of quaternary nitrogens is 1. The number of piperidine rings is 1. The molecule has 3 unspecified atom stereocenters. The lowest BCUT2D eigenvalue weighted by atomic mass is 9.74. The number of nitrogens with one attached hydrogen (secondary N) is 2. The molecule has 1 amide bonds. The molecule has 0 saturated carbocycles. The Balaban J connectivity index is 1.35. The van der Waals surface area contributed by atoms with Gasteiger partial charge in [0.05, 0.1) is 18.5 Å². The second-order valence-electron chi connectivity index (χ2n) is 12.1. The van der Waals surface area contributed by atoms with Crippen molar-refractivity contribution < 1.29 is 18.7 Å². The zero-order chi connectivity index (χ0) is 26.5. The summed E-state index contributed by atoms with van der Waals surface area (Å²) in [6.07, 6.45) is 2.51. The Labute approximate surface area is 218 Å². The Bertz CT molecular complexity index is 1160. The molecule has 8 heteroatoms. The van der Waals surface area contributed by atoms with Crippen LogP contribution in [0.4, 0.5) is 8.78 Å². The highest BCUT2D eigenvalue weighted by atomic mass is 19.1. The quantitative estimate of drug-likeness (QED) is 0.617. The number of halogens is 2. The van der Waals surface area contributed by atoms with Gasteiger partial charge < -0.3 is 10.5 Å². The summed E-state index contributed by atoms with van der Waals surface area (Å²) in [5.41, 5.74) is 2.66. The minimum Gasteiger partial charge on any atom is -0.613 e. The molecule has 2 aliphatic heterocycles. The van der Waals surface area contributed by atoms with Crippen molar-refractivity contribution in [2.75, 3.05) is 26.2 Å². The number of nitrogens with zero attached hydrogens (tertiary/aromatic N) is 2. The maximum atomic E-state index is 14.9. The van der Waals surface area contributed by atoms with Gasteiger partial charge in [-0.25, -0.2) is 8.78 Å². The third-order valence-corrected chi connectivity index (χ3v) is 8.86. The average molecular weight is 513 g/mol. The fourth-order valence-electron chi connectivity index (χ4n) is 6.85. The van der Waals surface area contributed by atoms with Crippen LogP contribution in [0.3, 0.4) is 0 Å². The highest BCUT2D eigenvalue weighted by Crippen LogP contribution is 2.50. The third-order valence-electron chi connectivity index (χ3n) is 8.86. The topological polar surface area (TPSA) is 63.1 Å². The van der Waals surface area contributed by atoms with Crippen molar-refractivity contribution in [2.45, 2.75) is 75.9 Å². The molecule has 2 N–H and O–H groups in total. The predicted molar refractivity (Wildman–Crippen MR) is 139 cm³/mol. The smallest absolute Gasteiger partial charge is 0.217 e. The number of fused-ring (bicyclic) bond motifs is 2. The summed E-state index contributed by atoms with van der Waals surface area (Å²) in [5, 5.41) is 19.1. The molecule has 0 aromatic heterocycles. The molecule has 2 saturated heterocycles. The van der Waals surface area contributed by atoms with Gasteiger partial charge in [-0.05, 0) is 62.8 Å². The molecular weight excluding hydrogens is 474 g/mol. The lowest BCUT2D eigenvalue weighted by Crippen LogP contribution is -3.18. The van der Waals surface area contributed by atoms with Crippen LogP contribution in [0.5, 0.6) is 0 Å². The molecule has 2 fully saturated rings. The maximum Gasteiger partial charge on any atom is 0.217 e. The van der Waals surface area contributed by atoms with Crippen LogP contribution in [-0.4, -0.2) is 53.6 Å². The van der Waals surface area contributed by atoms with E-state index in [-0.39, 0.29) is 40.0 Å². The van der Waals surface area contributed by atoms with E-state index in [4.69, 9.17) is 0 Å². The molecule has 1 spiro atoms. The second-order valence-corrected chi connectivity index (χ2v) is 12.1. The number of carbonyl (C=O) groups is 1. The minimum atomic E-state index is -0.606. The summed E-state index contributed by atoms with van der Waals surface area (Å²) in [4.78, 5) is 14.1. The van der Waals surface area contributed by atoms with Crippen LogP contribution in [0.25, 0.3) is 0 Å². The zero-order valence-corrected chi connectivity index (χ0v) is 22.2. The van der Waals surface area contributed by atoms with Gasteiger partial charge in [-0.1, -0.05) is 30.3 Å². The predicted octanol–water partition coefficient (Wildman–Crippen LogP) is 3.44. The molecule has 0 radical (unpaired) electrons. The standard InChI is InChI=1S/C29H38F2N4O2/c1-19(36)32-26-16-29(24-8-6-5-7-22(24)26)11-13-34(14-12-29)35(37)27-18-33(28(2,3)4)17-23(27)21-10-9-20(30)15-25(21)31/h5-10,15,23,26-27,35H,11-14,16-18H2,1-4H3,(H,32,36)/t23?,26?,27-/m1/s1. The number of amides is 1. The van der Waals surface area contributed by atoms with E-state index in [1.165, 1.54) is 23.3 Å². The van der Waals surface area contributed by atoms with E-state index < -0.39 is 11.6 Å². The average Bonchev–Trinajstić information content (AvgIpc) is 3.40. The van der Waals surface area contributed by atoms with E-state index in [1.807, 2.05) is 11.1 Å². The van der Waals surface area contributed by atoms with Crippen molar-refractivity contribution >= 4 is 5.91 Å². The van der Waals surface area contributed by atoms with Crippen molar-refractivity contribution in [1.82, 2.24) is 15.2 Å². The number of hydrogen-bond acceptors (Lipinski definition) is 4.